The summed E-state index contributed by atoms with van der Waals surface area (Å²) in [7, 11) is 0. The van der Waals surface area contributed by atoms with Gasteiger partial charge in [0.15, 0.2) is 6.61 Å². The smallest absolute Gasteiger partial charge is 0.340 e. The standard InChI is InChI=1S/C21H24ClNO3/c1-13(2)15-9-7-10-16(14(3)4)20(15)23-19(24)12-26-21(25)17-8-5-6-11-18(17)22/h5-11,13-14H,12H2,1-4H3,(H,23,24). The molecule has 0 spiro atoms. The molecular formula is C21H24ClNO3. The molecule has 0 fully saturated rings. The zero-order valence-corrected chi connectivity index (χ0v) is 16.3. The predicted molar refractivity (Wildman–Crippen MR) is 105 cm³/mol. The van der Waals surface area contributed by atoms with Crippen LogP contribution in [-0.4, -0.2) is 18.5 Å². The Balaban J connectivity index is 2.11. The number of ether oxygens (including phenoxy) is 1. The number of carbonyl (C=O) groups excluding carboxylic acids is 2. The molecule has 0 aliphatic heterocycles. The number of benzene rings is 2. The largest absolute Gasteiger partial charge is 0.452 e. The molecule has 0 saturated heterocycles. The van der Waals surface area contributed by atoms with Crippen molar-refractivity contribution in [2.75, 3.05) is 11.9 Å². The zero-order chi connectivity index (χ0) is 19.3. The fourth-order valence-corrected chi connectivity index (χ4v) is 2.92. The third kappa shape index (κ3) is 4.85. The minimum absolute atomic E-state index is 0.243. The molecular weight excluding hydrogens is 350 g/mol. The molecule has 4 nitrogen and oxygen atoms in total. The molecule has 2 aromatic rings. The van der Waals surface area contributed by atoms with Gasteiger partial charge in [0.05, 0.1) is 10.6 Å². The summed E-state index contributed by atoms with van der Waals surface area (Å²) >= 11 is 5.97. The minimum Gasteiger partial charge on any atom is -0.452 e. The normalized spacial score (nSPS) is 10.9. The number of para-hydroxylation sites is 1. The molecule has 0 bridgehead atoms. The van der Waals surface area contributed by atoms with Crippen LogP contribution in [-0.2, 0) is 9.53 Å². The number of rotatable bonds is 6. The van der Waals surface area contributed by atoms with Crippen LogP contribution in [0.4, 0.5) is 5.69 Å². The molecule has 0 unspecified atom stereocenters. The van der Waals surface area contributed by atoms with Crippen molar-refractivity contribution >= 4 is 29.2 Å². The van der Waals surface area contributed by atoms with Gasteiger partial charge < -0.3 is 10.1 Å². The summed E-state index contributed by atoms with van der Waals surface area (Å²) < 4.78 is 5.11. The van der Waals surface area contributed by atoms with E-state index in [4.69, 9.17) is 16.3 Å². The Bertz CT molecular complexity index is 773. The van der Waals surface area contributed by atoms with Crippen molar-refractivity contribution in [3.63, 3.8) is 0 Å². The second-order valence-electron chi connectivity index (χ2n) is 6.73. The van der Waals surface area contributed by atoms with Crippen LogP contribution in [0.1, 0.15) is 61.0 Å². The van der Waals surface area contributed by atoms with Crippen LogP contribution in [0.25, 0.3) is 0 Å². The molecule has 1 amide bonds. The first-order chi connectivity index (χ1) is 12.3. The average Bonchev–Trinajstić information content (AvgIpc) is 2.59. The molecule has 0 aliphatic carbocycles. The van der Waals surface area contributed by atoms with Crippen molar-refractivity contribution in [3.05, 3.63) is 64.2 Å². The van der Waals surface area contributed by atoms with E-state index in [-0.39, 0.29) is 29.9 Å². The van der Waals surface area contributed by atoms with Gasteiger partial charge in [-0.1, -0.05) is 69.6 Å². The third-order valence-corrected chi connectivity index (χ3v) is 4.40. The highest BCUT2D eigenvalue weighted by molar-refractivity contribution is 6.33. The topological polar surface area (TPSA) is 55.4 Å². The number of anilines is 1. The fourth-order valence-electron chi connectivity index (χ4n) is 2.71. The lowest BCUT2D eigenvalue weighted by Crippen LogP contribution is -2.22. The van der Waals surface area contributed by atoms with Crippen molar-refractivity contribution < 1.29 is 14.3 Å². The van der Waals surface area contributed by atoms with Crippen molar-refractivity contribution in [1.29, 1.82) is 0 Å². The Morgan fingerprint density at radius 1 is 0.962 bits per heavy atom. The highest BCUT2D eigenvalue weighted by Gasteiger charge is 2.18. The molecule has 5 heteroatoms. The summed E-state index contributed by atoms with van der Waals surface area (Å²) in [4.78, 5) is 24.4. The molecule has 0 radical (unpaired) electrons. The maximum atomic E-state index is 12.4. The Morgan fingerprint density at radius 2 is 1.54 bits per heavy atom. The Hall–Kier alpha value is -2.33. The first-order valence-electron chi connectivity index (χ1n) is 8.65. The van der Waals surface area contributed by atoms with Crippen LogP contribution in [0.3, 0.4) is 0 Å². The summed E-state index contributed by atoms with van der Waals surface area (Å²) in [5.41, 5.74) is 3.16. The summed E-state index contributed by atoms with van der Waals surface area (Å²) in [6.45, 7) is 7.94. The van der Waals surface area contributed by atoms with Gasteiger partial charge in [0.25, 0.3) is 5.91 Å². The summed E-state index contributed by atoms with van der Waals surface area (Å²) in [6, 6.07) is 12.6. The first kappa shape index (κ1) is 20.0. The van der Waals surface area contributed by atoms with E-state index in [9.17, 15) is 9.59 Å². The number of esters is 1. The maximum absolute atomic E-state index is 12.4. The predicted octanol–water partition coefficient (Wildman–Crippen LogP) is 5.38. The van der Waals surface area contributed by atoms with E-state index in [0.717, 1.165) is 16.8 Å². The van der Waals surface area contributed by atoms with Gasteiger partial charge in [0, 0.05) is 5.69 Å². The van der Waals surface area contributed by atoms with Gasteiger partial charge in [-0.3, -0.25) is 4.79 Å². The second-order valence-corrected chi connectivity index (χ2v) is 7.13. The van der Waals surface area contributed by atoms with E-state index in [1.54, 1.807) is 24.3 Å². The Kier molecular flexibility index (Phi) is 6.81. The summed E-state index contributed by atoms with van der Waals surface area (Å²) in [6.07, 6.45) is 0. The number of halogens is 1. The van der Waals surface area contributed by atoms with E-state index in [0.29, 0.717) is 5.02 Å². The Morgan fingerprint density at radius 3 is 2.08 bits per heavy atom. The summed E-state index contributed by atoms with van der Waals surface area (Å²) in [5, 5.41) is 3.21. The van der Waals surface area contributed by atoms with Gasteiger partial charge >= 0.3 is 5.97 Å². The third-order valence-electron chi connectivity index (χ3n) is 4.07. The molecule has 2 aromatic carbocycles. The van der Waals surface area contributed by atoms with Crippen molar-refractivity contribution in [2.24, 2.45) is 0 Å². The van der Waals surface area contributed by atoms with Crippen LogP contribution in [0, 0.1) is 0 Å². The van der Waals surface area contributed by atoms with Crippen LogP contribution in [0.2, 0.25) is 5.02 Å². The Labute approximate surface area is 159 Å². The van der Waals surface area contributed by atoms with Crippen molar-refractivity contribution in [2.45, 2.75) is 39.5 Å². The van der Waals surface area contributed by atoms with Gasteiger partial charge in [0.2, 0.25) is 0 Å². The molecule has 1 N–H and O–H groups in total. The van der Waals surface area contributed by atoms with E-state index in [2.05, 4.69) is 33.0 Å². The monoisotopic (exact) mass is 373 g/mol. The van der Waals surface area contributed by atoms with Gasteiger partial charge in [-0.25, -0.2) is 4.79 Å². The van der Waals surface area contributed by atoms with Crippen LogP contribution < -0.4 is 5.32 Å². The van der Waals surface area contributed by atoms with Crippen LogP contribution >= 0.6 is 11.6 Å². The van der Waals surface area contributed by atoms with Gasteiger partial charge in [0.1, 0.15) is 0 Å². The number of hydrogen-bond donors (Lipinski definition) is 1. The molecule has 0 heterocycles. The quantitative estimate of drug-likeness (QED) is 0.691. The first-order valence-corrected chi connectivity index (χ1v) is 9.03. The molecule has 0 aliphatic rings. The maximum Gasteiger partial charge on any atom is 0.340 e. The SMILES string of the molecule is CC(C)c1cccc(C(C)C)c1NC(=O)COC(=O)c1ccccc1Cl. The molecule has 2 rings (SSSR count). The van der Waals surface area contributed by atoms with E-state index < -0.39 is 5.97 Å². The fraction of sp³-hybridized carbons (Fsp3) is 0.333. The molecule has 0 saturated carbocycles. The van der Waals surface area contributed by atoms with Gasteiger partial charge in [-0.15, -0.1) is 0 Å². The summed E-state index contributed by atoms with van der Waals surface area (Å²) in [5.74, 6) is -0.475. The van der Waals surface area contributed by atoms with Crippen molar-refractivity contribution in [1.82, 2.24) is 0 Å². The van der Waals surface area contributed by atoms with E-state index >= 15 is 0 Å². The zero-order valence-electron chi connectivity index (χ0n) is 15.5. The molecule has 26 heavy (non-hydrogen) atoms. The lowest BCUT2D eigenvalue weighted by molar-refractivity contribution is -0.119. The van der Waals surface area contributed by atoms with E-state index in [1.807, 2.05) is 18.2 Å². The number of hydrogen-bond acceptors (Lipinski definition) is 3. The number of nitrogens with one attached hydrogen (secondary N) is 1. The van der Waals surface area contributed by atoms with Crippen LogP contribution in [0.5, 0.6) is 0 Å². The molecule has 0 atom stereocenters. The number of carbonyl (C=O) groups is 2. The lowest BCUT2D eigenvalue weighted by atomic mass is 9.92. The average molecular weight is 374 g/mol. The van der Waals surface area contributed by atoms with E-state index in [1.165, 1.54) is 0 Å². The highest BCUT2D eigenvalue weighted by Crippen LogP contribution is 2.32. The van der Waals surface area contributed by atoms with Crippen molar-refractivity contribution in [3.8, 4) is 0 Å². The van der Waals surface area contributed by atoms with Gasteiger partial charge in [-0.2, -0.15) is 0 Å². The molecule has 0 aromatic heterocycles. The lowest BCUT2D eigenvalue weighted by Gasteiger charge is -2.20. The molecule has 138 valence electrons. The minimum atomic E-state index is -0.619. The van der Waals surface area contributed by atoms with Gasteiger partial charge in [-0.05, 0) is 35.1 Å². The highest BCUT2D eigenvalue weighted by atomic mass is 35.5. The van der Waals surface area contributed by atoms with Crippen LogP contribution in [0.15, 0.2) is 42.5 Å². The second kappa shape index (κ2) is 8.86. The number of amides is 1.